The minimum Gasteiger partial charge on any atom is -0.464 e. The number of para-hydroxylation sites is 2. The topological polar surface area (TPSA) is 111 Å². The molecule has 0 radical (unpaired) electrons. The Kier molecular flexibility index (Phi) is 7.14. The van der Waals surface area contributed by atoms with Crippen molar-refractivity contribution in [1.82, 2.24) is 5.32 Å². The molecule has 0 bridgehead atoms. The molecule has 2 aromatic rings. The van der Waals surface area contributed by atoms with Crippen LogP contribution in [0.5, 0.6) is 0 Å². The third-order valence-corrected chi connectivity index (χ3v) is 4.12. The molecule has 0 fully saturated rings. The van der Waals surface area contributed by atoms with Crippen LogP contribution in [0.2, 0.25) is 0 Å². The molecule has 7 nitrogen and oxygen atoms in total. The Morgan fingerprint density at radius 2 is 1.57 bits per heavy atom. The van der Waals surface area contributed by atoms with Gasteiger partial charge in [0.05, 0.1) is 23.4 Å². The normalized spacial score (nSPS) is 11.6. The van der Waals surface area contributed by atoms with Crippen LogP contribution < -0.4 is 16.4 Å². The van der Waals surface area contributed by atoms with Gasteiger partial charge in [-0.25, -0.2) is 4.79 Å². The van der Waals surface area contributed by atoms with Crippen molar-refractivity contribution in [3.8, 4) is 0 Å². The summed E-state index contributed by atoms with van der Waals surface area (Å²) in [5.41, 5.74) is 7.04. The van der Waals surface area contributed by atoms with Crippen molar-refractivity contribution in [3.63, 3.8) is 0 Å². The molecule has 4 N–H and O–H groups in total. The zero-order chi connectivity index (χ0) is 20.7. The summed E-state index contributed by atoms with van der Waals surface area (Å²) in [5, 5.41) is 5.40. The summed E-state index contributed by atoms with van der Waals surface area (Å²) in [5.74, 6) is -1.56. The molecule has 1 atom stereocenters. The van der Waals surface area contributed by atoms with Gasteiger partial charge in [0.25, 0.3) is 11.8 Å². The van der Waals surface area contributed by atoms with E-state index in [-0.39, 0.29) is 18.1 Å². The van der Waals surface area contributed by atoms with Gasteiger partial charge in [-0.15, -0.1) is 0 Å². The lowest BCUT2D eigenvalue weighted by Gasteiger charge is -2.21. The van der Waals surface area contributed by atoms with Crippen LogP contribution in [-0.2, 0) is 9.53 Å². The van der Waals surface area contributed by atoms with E-state index in [2.05, 4.69) is 10.6 Å². The molecule has 0 aliphatic rings. The lowest BCUT2D eigenvalue weighted by molar-refractivity contribution is -0.146. The van der Waals surface area contributed by atoms with Crippen molar-refractivity contribution in [2.24, 2.45) is 5.92 Å². The number of nitrogens with two attached hydrogens (primary N) is 1. The zero-order valence-electron chi connectivity index (χ0n) is 16.2. The Labute approximate surface area is 164 Å². The van der Waals surface area contributed by atoms with E-state index in [4.69, 9.17) is 10.5 Å². The number of anilines is 2. The van der Waals surface area contributed by atoms with E-state index in [9.17, 15) is 14.4 Å². The Bertz CT molecular complexity index is 864. The SMILES string of the molecule is CCOC(=O)C(NC(=O)c1ccccc1NC(=O)c1ccccc1N)C(C)C. The molecule has 28 heavy (non-hydrogen) atoms. The van der Waals surface area contributed by atoms with Gasteiger partial charge in [0, 0.05) is 5.69 Å². The number of nitrogens with one attached hydrogen (secondary N) is 2. The van der Waals surface area contributed by atoms with Gasteiger partial charge in [-0.1, -0.05) is 38.1 Å². The Morgan fingerprint density at radius 1 is 0.964 bits per heavy atom. The number of carbonyl (C=O) groups excluding carboxylic acids is 3. The van der Waals surface area contributed by atoms with E-state index in [1.165, 1.54) is 0 Å². The van der Waals surface area contributed by atoms with Gasteiger partial charge < -0.3 is 21.1 Å². The number of ether oxygens (including phenoxy) is 1. The van der Waals surface area contributed by atoms with Gasteiger partial charge >= 0.3 is 5.97 Å². The Balaban J connectivity index is 2.23. The van der Waals surface area contributed by atoms with Crippen molar-refractivity contribution in [3.05, 3.63) is 59.7 Å². The molecule has 2 rings (SSSR count). The minimum absolute atomic E-state index is 0.158. The summed E-state index contributed by atoms with van der Waals surface area (Å²) in [6.45, 7) is 5.56. The summed E-state index contributed by atoms with van der Waals surface area (Å²) in [6, 6.07) is 12.4. The largest absolute Gasteiger partial charge is 0.464 e. The summed E-state index contributed by atoms with van der Waals surface area (Å²) in [7, 11) is 0. The predicted octanol–water partition coefficient (Wildman–Crippen LogP) is 2.84. The fourth-order valence-corrected chi connectivity index (χ4v) is 2.63. The van der Waals surface area contributed by atoms with E-state index in [0.717, 1.165) is 0 Å². The van der Waals surface area contributed by atoms with Gasteiger partial charge in [-0.3, -0.25) is 9.59 Å². The molecule has 0 saturated heterocycles. The van der Waals surface area contributed by atoms with Crippen LogP contribution in [0, 0.1) is 5.92 Å². The first-order chi connectivity index (χ1) is 13.3. The zero-order valence-corrected chi connectivity index (χ0v) is 16.2. The van der Waals surface area contributed by atoms with E-state index in [0.29, 0.717) is 16.9 Å². The van der Waals surface area contributed by atoms with Crippen LogP contribution in [0.4, 0.5) is 11.4 Å². The number of esters is 1. The molecule has 7 heteroatoms. The van der Waals surface area contributed by atoms with E-state index < -0.39 is 23.8 Å². The molecular weight excluding hydrogens is 358 g/mol. The number of hydrogen-bond acceptors (Lipinski definition) is 5. The maximum Gasteiger partial charge on any atom is 0.328 e. The number of nitrogen functional groups attached to an aromatic ring is 1. The van der Waals surface area contributed by atoms with E-state index in [1.807, 2.05) is 13.8 Å². The predicted molar refractivity (Wildman–Crippen MR) is 108 cm³/mol. The Hall–Kier alpha value is -3.35. The van der Waals surface area contributed by atoms with Crippen LogP contribution in [0.25, 0.3) is 0 Å². The number of hydrogen-bond donors (Lipinski definition) is 3. The molecule has 0 spiro atoms. The summed E-state index contributed by atoms with van der Waals surface area (Å²) < 4.78 is 5.03. The number of benzene rings is 2. The first-order valence-corrected chi connectivity index (χ1v) is 9.07. The highest BCUT2D eigenvalue weighted by atomic mass is 16.5. The summed E-state index contributed by atoms with van der Waals surface area (Å²) >= 11 is 0. The first-order valence-electron chi connectivity index (χ1n) is 9.07. The fraction of sp³-hybridized carbons (Fsp3) is 0.286. The molecule has 0 aliphatic heterocycles. The van der Waals surface area contributed by atoms with Crippen molar-refractivity contribution in [2.75, 3.05) is 17.7 Å². The van der Waals surface area contributed by atoms with Crippen LogP contribution >= 0.6 is 0 Å². The maximum atomic E-state index is 12.8. The number of rotatable bonds is 7. The fourth-order valence-electron chi connectivity index (χ4n) is 2.63. The maximum absolute atomic E-state index is 12.8. The lowest BCUT2D eigenvalue weighted by atomic mass is 10.0. The molecular formula is C21H25N3O4. The van der Waals surface area contributed by atoms with Crippen LogP contribution in [0.15, 0.2) is 48.5 Å². The second kappa shape index (κ2) is 9.55. The second-order valence-electron chi connectivity index (χ2n) is 6.53. The van der Waals surface area contributed by atoms with Crippen LogP contribution in [-0.4, -0.2) is 30.4 Å². The first kappa shape index (κ1) is 21.0. The van der Waals surface area contributed by atoms with Gasteiger partial charge in [0.15, 0.2) is 0 Å². The van der Waals surface area contributed by atoms with E-state index >= 15 is 0 Å². The monoisotopic (exact) mass is 383 g/mol. The van der Waals surface area contributed by atoms with Gasteiger partial charge in [0.1, 0.15) is 6.04 Å². The smallest absolute Gasteiger partial charge is 0.328 e. The average Bonchev–Trinajstić information content (AvgIpc) is 2.66. The van der Waals surface area contributed by atoms with Crippen LogP contribution in [0.1, 0.15) is 41.5 Å². The quantitative estimate of drug-likeness (QED) is 0.503. The molecule has 0 aliphatic carbocycles. The highest BCUT2D eigenvalue weighted by Crippen LogP contribution is 2.19. The third kappa shape index (κ3) is 5.09. The van der Waals surface area contributed by atoms with Crippen molar-refractivity contribution in [1.29, 1.82) is 0 Å². The number of amides is 2. The number of carbonyl (C=O) groups is 3. The lowest BCUT2D eigenvalue weighted by Crippen LogP contribution is -2.45. The highest BCUT2D eigenvalue weighted by Gasteiger charge is 2.27. The standard InChI is InChI=1S/C21H25N3O4/c1-4-28-21(27)18(13(2)3)24-20(26)15-10-6-8-12-17(15)23-19(25)14-9-5-7-11-16(14)22/h5-13,18H,4,22H2,1-3H3,(H,23,25)(H,24,26). The molecule has 0 aromatic heterocycles. The van der Waals surface area contributed by atoms with Crippen molar-refractivity contribution < 1.29 is 19.1 Å². The second-order valence-corrected chi connectivity index (χ2v) is 6.53. The molecule has 148 valence electrons. The molecule has 2 aromatic carbocycles. The molecule has 0 heterocycles. The van der Waals surface area contributed by atoms with Crippen molar-refractivity contribution in [2.45, 2.75) is 26.8 Å². The minimum atomic E-state index is -0.791. The Morgan fingerprint density at radius 3 is 2.18 bits per heavy atom. The summed E-state index contributed by atoms with van der Waals surface area (Å²) in [6.07, 6.45) is 0. The average molecular weight is 383 g/mol. The molecule has 0 saturated carbocycles. The van der Waals surface area contributed by atoms with Crippen LogP contribution in [0.3, 0.4) is 0 Å². The van der Waals surface area contributed by atoms with Gasteiger partial charge in [0.2, 0.25) is 0 Å². The van der Waals surface area contributed by atoms with Gasteiger partial charge in [-0.2, -0.15) is 0 Å². The van der Waals surface area contributed by atoms with Crippen molar-refractivity contribution >= 4 is 29.2 Å². The third-order valence-electron chi connectivity index (χ3n) is 4.12. The molecule has 2 amide bonds. The van der Waals surface area contributed by atoms with E-state index in [1.54, 1.807) is 55.5 Å². The highest BCUT2D eigenvalue weighted by molar-refractivity contribution is 6.11. The van der Waals surface area contributed by atoms with Gasteiger partial charge in [-0.05, 0) is 37.1 Å². The summed E-state index contributed by atoms with van der Waals surface area (Å²) in [4.78, 5) is 37.4. The molecule has 1 unspecified atom stereocenters.